The molecule has 5 heteroatoms. The summed E-state index contributed by atoms with van der Waals surface area (Å²) in [5, 5.41) is 0.959. The van der Waals surface area contributed by atoms with Crippen LogP contribution in [0.2, 0.25) is 10.0 Å². The van der Waals surface area contributed by atoms with E-state index in [4.69, 9.17) is 23.2 Å². The van der Waals surface area contributed by atoms with Crippen molar-refractivity contribution in [3.05, 3.63) is 62.3 Å². The Morgan fingerprint density at radius 1 is 1.11 bits per heavy atom. The first kappa shape index (κ1) is 14.5. The average Bonchev–Trinajstić information content (AvgIpc) is 2.37. The predicted molar refractivity (Wildman–Crippen MR) is 80.8 cm³/mol. The third-order valence-electron chi connectivity index (χ3n) is 2.55. The van der Waals surface area contributed by atoms with Crippen LogP contribution in [-0.4, -0.2) is 10.8 Å². The Morgan fingerprint density at radius 2 is 1.89 bits per heavy atom. The first-order chi connectivity index (χ1) is 9.04. The van der Waals surface area contributed by atoms with E-state index < -0.39 is 0 Å². The van der Waals surface area contributed by atoms with Crippen LogP contribution in [0.4, 0.5) is 0 Å². The largest absolute Gasteiger partial charge is 0.299 e. The number of carbonyl (C=O) groups excluding carboxylic acids is 1. The normalized spacial score (nSPS) is 10.5. The van der Waals surface area contributed by atoms with E-state index in [-0.39, 0.29) is 5.78 Å². The lowest BCUT2D eigenvalue weighted by Gasteiger charge is -2.03. The van der Waals surface area contributed by atoms with Crippen LogP contribution in [0.15, 0.2) is 41.0 Å². The lowest BCUT2D eigenvalue weighted by molar-refractivity contribution is -0.117. The molecule has 0 aliphatic heterocycles. The van der Waals surface area contributed by atoms with Gasteiger partial charge in [-0.1, -0.05) is 29.3 Å². The number of benzene rings is 1. The second-order valence-electron chi connectivity index (χ2n) is 4.11. The standard InChI is InChI=1S/C14H10BrCl2NO/c15-10-2-3-11(18-8-10)7-12(19)5-9-1-4-13(16)14(17)6-9/h1-4,6,8H,5,7H2. The van der Waals surface area contributed by atoms with Crippen molar-refractivity contribution in [2.45, 2.75) is 12.8 Å². The first-order valence-corrected chi connectivity index (χ1v) is 7.15. The summed E-state index contributed by atoms with van der Waals surface area (Å²) in [6.45, 7) is 0. The Labute approximate surface area is 129 Å². The summed E-state index contributed by atoms with van der Waals surface area (Å²) in [6, 6.07) is 8.92. The molecule has 0 radical (unpaired) electrons. The van der Waals surface area contributed by atoms with Gasteiger partial charge >= 0.3 is 0 Å². The highest BCUT2D eigenvalue weighted by Crippen LogP contribution is 2.23. The Kier molecular flexibility index (Phi) is 4.97. The molecule has 0 aliphatic rings. The van der Waals surface area contributed by atoms with Crippen molar-refractivity contribution in [1.82, 2.24) is 4.98 Å². The summed E-state index contributed by atoms with van der Waals surface area (Å²) in [7, 11) is 0. The molecule has 0 fully saturated rings. The summed E-state index contributed by atoms with van der Waals surface area (Å²) in [5.41, 5.74) is 1.62. The highest BCUT2D eigenvalue weighted by molar-refractivity contribution is 9.10. The molecule has 0 aliphatic carbocycles. The molecule has 0 unspecified atom stereocenters. The van der Waals surface area contributed by atoms with Gasteiger partial charge in [-0.15, -0.1) is 0 Å². The fourth-order valence-corrected chi connectivity index (χ4v) is 2.21. The highest BCUT2D eigenvalue weighted by atomic mass is 79.9. The van der Waals surface area contributed by atoms with E-state index in [1.54, 1.807) is 24.4 Å². The number of carbonyl (C=O) groups is 1. The SMILES string of the molecule is O=C(Cc1ccc(Cl)c(Cl)c1)Cc1ccc(Br)cn1. The maximum absolute atomic E-state index is 11.9. The van der Waals surface area contributed by atoms with Gasteiger partial charge in [0.2, 0.25) is 0 Å². The minimum absolute atomic E-state index is 0.0909. The van der Waals surface area contributed by atoms with Crippen molar-refractivity contribution >= 4 is 44.9 Å². The van der Waals surface area contributed by atoms with Gasteiger partial charge in [-0.05, 0) is 45.8 Å². The number of halogens is 3. The number of hydrogen-bond acceptors (Lipinski definition) is 2. The molecule has 0 amide bonds. The number of pyridine rings is 1. The van der Waals surface area contributed by atoms with Crippen LogP contribution in [0.25, 0.3) is 0 Å². The zero-order chi connectivity index (χ0) is 13.8. The van der Waals surface area contributed by atoms with Crippen molar-refractivity contribution in [2.75, 3.05) is 0 Å². The fourth-order valence-electron chi connectivity index (χ4n) is 1.65. The number of nitrogens with zero attached hydrogens (tertiary/aromatic N) is 1. The van der Waals surface area contributed by atoms with Crippen LogP contribution in [0.3, 0.4) is 0 Å². The third kappa shape index (κ3) is 4.30. The van der Waals surface area contributed by atoms with E-state index in [2.05, 4.69) is 20.9 Å². The number of aromatic nitrogens is 1. The van der Waals surface area contributed by atoms with Crippen molar-refractivity contribution in [3.8, 4) is 0 Å². The minimum Gasteiger partial charge on any atom is -0.299 e. The van der Waals surface area contributed by atoms with Gasteiger partial charge in [0, 0.05) is 29.2 Å². The van der Waals surface area contributed by atoms with Crippen LogP contribution in [0.5, 0.6) is 0 Å². The molecule has 0 N–H and O–H groups in total. The molecular formula is C14H10BrCl2NO. The maximum atomic E-state index is 11.9. The minimum atomic E-state index is 0.0909. The van der Waals surface area contributed by atoms with Gasteiger partial charge in [-0.2, -0.15) is 0 Å². The van der Waals surface area contributed by atoms with Crippen molar-refractivity contribution in [3.63, 3.8) is 0 Å². The Morgan fingerprint density at radius 3 is 2.53 bits per heavy atom. The van der Waals surface area contributed by atoms with Crippen molar-refractivity contribution in [1.29, 1.82) is 0 Å². The number of rotatable bonds is 4. The molecule has 0 saturated carbocycles. The molecule has 2 aromatic rings. The van der Waals surface area contributed by atoms with Crippen LogP contribution >= 0.6 is 39.1 Å². The summed E-state index contributed by atoms with van der Waals surface area (Å²) in [5.74, 6) is 0.0909. The number of Topliss-reactive ketones (excluding diaryl/α,β-unsaturated/α-hetero) is 1. The van der Waals surface area contributed by atoms with Crippen LogP contribution in [0.1, 0.15) is 11.3 Å². The summed E-state index contributed by atoms with van der Waals surface area (Å²) in [6.07, 6.45) is 2.32. The highest BCUT2D eigenvalue weighted by Gasteiger charge is 2.08. The zero-order valence-corrected chi connectivity index (χ0v) is 13.0. The molecule has 1 heterocycles. The third-order valence-corrected chi connectivity index (χ3v) is 3.76. The first-order valence-electron chi connectivity index (χ1n) is 5.60. The zero-order valence-electron chi connectivity index (χ0n) is 9.87. The number of ketones is 1. The molecule has 1 aromatic carbocycles. The van der Waals surface area contributed by atoms with Crippen LogP contribution < -0.4 is 0 Å². The Balaban J connectivity index is 2.01. The van der Waals surface area contributed by atoms with Gasteiger partial charge in [0.25, 0.3) is 0 Å². The molecule has 0 saturated heterocycles. The molecule has 19 heavy (non-hydrogen) atoms. The van der Waals surface area contributed by atoms with Crippen molar-refractivity contribution < 1.29 is 4.79 Å². The average molecular weight is 359 g/mol. The predicted octanol–water partition coefficient (Wildman–Crippen LogP) is 4.51. The van der Waals surface area contributed by atoms with E-state index in [0.29, 0.717) is 22.9 Å². The lowest BCUT2D eigenvalue weighted by Crippen LogP contribution is -2.07. The molecule has 98 valence electrons. The lowest BCUT2D eigenvalue weighted by atomic mass is 10.1. The van der Waals surface area contributed by atoms with E-state index in [0.717, 1.165) is 15.7 Å². The van der Waals surface area contributed by atoms with Gasteiger partial charge in [-0.3, -0.25) is 9.78 Å². The van der Waals surface area contributed by atoms with E-state index >= 15 is 0 Å². The van der Waals surface area contributed by atoms with E-state index in [9.17, 15) is 4.79 Å². The van der Waals surface area contributed by atoms with Gasteiger partial charge < -0.3 is 0 Å². The molecule has 2 rings (SSSR count). The fraction of sp³-hybridized carbons (Fsp3) is 0.143. The Hall–Kier alpha value is -0.900. The number of hydrogen-bond donors (Lipinski definition) is 0. The van der Waals surface area contributed by atoms with Crippen LogP contribution in [-0.2, 0) is 17.6 Å². The monoisotopic (exact) mass is 357 g/mol. The molecular weight excluding hydrogens is 349 g/mol. The quantitative estimate of drug-likeness (QED) is 0.805. The van der Waals surface area contributed by atoms with E-state index in [1.807, 2.05) is 12.1 Å². The summed E-state index contributed by atoms with van der Waals surface area (Å²) in [4.78, 5) is 16.1. The topological polar surface area (TPSA) is 30.0 Å². The van der Waals surface area contributed by atoms with E-state index in [1.165, 1.54) is 0 Å². The van der Waals surface area contributed by atoms with Gasteiger partial charge in [0.1, 0.15) is 5.78 Å². The molecule has 0 atom stereocenters. The van der Waals surface area contributed by atoms with Gasteiger partial charge in [-0.25, -0.2) is 0 Å². The van der Waals surface area contributed by atoms with Gasteiger partial charge in [0.15, 0.2) is 0 Å². The Bertz CT molecular complexity index is 599. The molecule has 1 aromatic heterocycles. The molecule has 0 bridgehead atoms. The molecule has 0 spiro atoms. The van der Waals surface area contributed by atoms with Crippen LogP contribution in [0, 0.1) is 0 Å². The second-order valence-corrected chi connectivity index (χ2v) is 5.84. The summed E-state index contributed by atoms with van der Waals surface area (Å²) < 4.78 is 0.896. The summed E-state index contributed by atoms with van der Waals surface area (Å²) >= 11 is 15.1. The van der Waals surface area contributed by atoms with Gasteiger partial charge in [0.05, 0.1) is 10.0 Å². The maximum Gasteiger partial charge on any atom is 0.143 e. The second kappa shape index (κ2) is 6.51. The van der Waals surface area contributed by atoms with Crippen molar-refractivity contribution in [2.24, 2.45) is 0 Å². The molecule has 2 nitrogen and oxygen atoms in total. The smallest absolute Gasteiger partial charge is 0.143 e.